The average Bonchev–Trinajstić information content (AvgIpc) is 2.84. The van der Waals surface area contributed by atoms with E-state index in [1.807, 2.05) is 0 Å². The van der Waals surface area contributed by atoms with Crippen LogP contribution in [0.4, 0.5) is 0 Å². The third-order valence-electron chi connectivity index (χ3n) is 6.81. The molecule has 2 heterocycles. The van der Waals surface area contributed by atoms with E-state index in [0.29, 0.717) is 23.1 Å². The summed E-state index contributed by atoms with van der Waals surface area (Å²) >= 11 is 0. The first-order valence-electron chi connectivity index (χ1n) is 11.8. The highest BCUT2D eigenvalue weighted by Gasteiger charge is 2.49. The summed E-state index contributed by atoms with van der Waals surface area (Å²) in [5.74, 6) is 4.78. The molecule has 7 atom stereocenters. The number of Topliss-reactive ketones (excluding diaryl/α,β-unsaturated/α-hetero) is 1. The molecule has 194 valence electrons. The van der Waals surface area contributed by atoms with Crippen LogP contribution in [0.3, 0.4) is 0 Å². The number of methoxy groups -OCH3 is 1. The third-order valence-corrected chi connectivity index (χ3v) is 6.81. The number of carbonyl (C=O) groups excluding carboxylic acids is 1. The predicted molar refractivity (Wildman–Crippen MR) is 129 cm³/mol. The molecule has 0 aliphatic carbocycles. The fourth-order valence-electron chi connectivity index (χ4n) is 4.85. The van der Waals surface area contributed by atoms with Crippen LogP contribution in [0, 0.1) is 24.7 Å². The van der Waals surface area contributed by atoms with Crippen LogP contribution >= 0.6 is 0 Å². The van der Waals surface area contributed by atoms with Crippen LogP contribution in [0.15, 0.2) is 18.2 Å². The molecule has 2 aliphatic rings. The highest BCUT2D eigenvalue weighted by atomic mass is 16.7. The van der Waals surface area contributed by atoms with E-state index >= 15 is 0 Å². The van der Waals surface area contributed by atoms with E-state index in [1.165, 1.54) is 13.2 Å². The zero-order chi connectivity index (χ0) is 26.1. The molecule has 1 saturated heterocycles. The predicted octanol–water partition coefficient (Wildman–Crippen LogP) is 0.355. The van der Waals surface area contributed by atoms with Gasteiger partial charge in [0.1, 0.15) is 41.7 Å². The van der Waals surface area contributed by atoms with E-state index in [9.17, 15) is 30.3 Å². The van der Waals surface area contributed by atoms with Crippen LogP contribution in [0.2, 0.25) is 0 Å². The Morgan fingerprint density at radius 1 is 1.08 bits per heavy atom. The van der Waals surface area contributed by atoms with Gasteiger partial charge in [-0.15, -0.1) is 5.92 Å². The second-order valence-corrected chi connectivity index (χ2v) is 9.19. The van der Waals surface area contributed by atoms with E-state index < -0.39 is 48.5 Å². The fraction of sp³-hybridized carbons (Fsp3) is 0.500. The molecule has 4 bridgehead atoms. The van der Waals surface area contributed by atoms with Gasteiger partial charge >= 0.3 is 0 Å². The number of benzene rings is 2. The van der Waals surface area contributed by atoms with E-state index in [0.717, 1.165) is 0 Å². The lowest BCUT2D eigenvalue weighted by molar-refractivity contribution is -0.291. The Bertz CT molecular complexity index is 1200. The molecule has 10 nitrogen and oxygen atoms in total. The Labute approximate surface area is 208 Å². The Hall–Kier alpha value is -2.91. The van der Waals surface area contributed by atoms with Gasteiger partial charge in [0.15, 0.2) is 5.78 Å². The van der Waals surface area contributed by atoms with Crippen molar-refractivity contribution in [3.8, 4) is 29.1 Å². The smallest absolute Gasteiger partial charge is 0.229 e. The van der Waals surface area contributed by atoms with Crippen molar-refractivity contribution >= 4 is 16.6 Å². The molecule has 2 aliphatic heterocycles. The Kier molecular flexibility index (Phi) is 7.70. The summed E-state index contributed by atoms with van der Waals surface area (Å²) < 4.78 is 17.1. The first kappa shape index (κ1) is 26.2. The maximum absolute atomic E-state index is 13.0. The minimum atomic E-state index is -1.70. The van der Waals surface area contributed by atoms with Gasteiger partial charge in [-0.2, -0.15) is 0 Å². The van der Waals surface area contributed by atoms with Crippen LogP contribution in [-0.2, 0) is 4.74 Å². The lowest BCUT2D eigenvalue weighted by Crippen LogP contribution is -2.63. The number of ketones is 1. The first-order valence-corrected chi connectivity index (χ1v) is 11.8. The second kappa shape index (κ2) is 10.6. The van der Waals surface area contributed by atoms with E-state index in [-0.39, 0.29) is 41.8 Å². The van der Waals surface area contributed by atoms with Crippen molar-refractivity contribution < 1.29 is 44.5 Å². The SMILES string of the molecule is COc1cc2c3c(O)c(c(C)cc3c1)C(=O)CC#CC[C@H](CCN)[C@@H](O)[C@@H]1O[C@H](O2)[C@H](O)[C@@H](O)[C@@H]1O. The van der Waals surface area contributed by atoms with Crippen molar-refractivity contribution in [3.63, 3.8) is 0 Å². The lowest BCUT2D eigenvalue weighted by Gasteiger charge is -2.43. The summed E-state index contributed by atoms with van der Waals surface area (Å²) in [6.07, 6.45) is -8.88. The number of aryl methyl sites for hydroxylation is 1. The number of hydrogen-bond donors (Lipinski definition) is 6. The number of aromatic hydroxyl groups is 1. The fourth-order valence-corrected chi connectivity index (χ4v) is 4.85. The summed E-state index contributed by atoms with van der Waals surface area (Å²) in [6, 6.07) is 4.79. The molecule has 7 N–H and O–H groups in total. The zero-order valence-corrected chi connectivity index (χ0v) is 20.0. The monoisotopic (exact) mass is 501 g/mol. The van der Waals surface area contributed by atoms with Crippen molar-refractivity contribution in [1.82, 2.24) is 0 Å². The first-order chi connectivity index (χ1) is 17.2. The summed E-state index contributed by atoms with van der Waals surface area (Å²) in [5.41, 5.74) is 6.32. The minimum Gasteiger partial charge on any atom is -0.506 e. The largest absolute Gasteiger partial charge is 0.506 e. The molecule has 0 amide bonds. The van der Waals surface area contributed by atoms with E-state index in [2.05, 4.69) is 11.8 Å². The second-order valence-electron chi connectivity index (χ2n) is 9.19. The van der Waals surface area contributed by atoms with E-state index in [4.69, 9.17) is 19.9 Å². The standard InChI is InChI=1S/C26H31NO9/c1-12-9-14-10-15(34-2)11-17-19(14)21(30)18(12)16(28)6-4-3-5-13(7-8-27)20(29)25-23(32)22(31)24(33)26(35-17)36-25/h9-11,13,20,22-26,29-33H,5-8,27H2,1-2H3/t13-,20-,22+,23+,24-,25+,26+/m1/s1. The number of nitrogens with two attached hydrogens (primary N) is 1. The van der Waals surface area contributed by atoms with Gasteiger partial charge in [-0.3, -0.25) is 4.79 Å². The number of ether oxygens (including phenoxy) is 3. The molecular weight excluding hydrogens is 470 g/mol. The van der Waals surface area contributed by atoms with Gasteiger partial charge in [0.25, 0.3) is 0 Å². The molecule has 4 rings (SSSR count). The summed E-state index contributed by atoms with van der Waals surface area (Å²) in [4.78, 5) is 13.0. The van der Waals surface area contributed by atoms with Crippen molar-refractivity contribution in [2.45, 2.75) is 63.0 Å². The molecule has 2 aromatic rings. The quantitative estimate of drug-likeness (QED) is 0.322. The molecular formula is C26H31NO9. The highest BCUT2D eigenvalue weighted by molar-refractivity contribution is 6.08. The van der Waals surface area contributed by atoms with Gasteiger partial charge in [-0.1, -0.05) is 12.0 Å². The normalized spacial score (nSPS) is 30.6. The van der Waals surface area contributed by atoms with Crippen LogP contribution in [-0.4, -0.2) is 81.8 Å². The van der Waals surface area contributed by atoms with Crippen LogP contribution in [0.25, 0.3) is 10.8 Å². The Morgan fingerprint density at radius 2 is 1.83 bits per heavy atom. The van der Waals surface area contributed by atoms with Crippen LogP contribution in [0.5, 0.6) is 17.2 Å². The maximum atomic E-state index is 13.0. The number of hydrogen-bond acceptors (Lipinski definition) is 10. The number of phenols is 1. The van der Waals surface area contributed by atoms with Crippen LogP contribution < -0.4 is 15.2 Å². The Morgan fingerprint density at radius 3 is 2.53 bits per heavy atom. The zero-order valence-electron chi connectivity index (χ0n) is 20.0. The third kappa shape index (κ3) is 4.74. The molecule has 1 fully saturated rings. The number of fused-ring (bicyclic) bond motifs is 3. The molecule has 0 saturated carbocycles. The van der Waals surface area contributed by atoms with Gasteiger partial charge < -0.3 is 45.5 Å². The maximum Gasteiger partial charge on any atom is 0.229 e. The highest BCUT2D eigenvalue weighted by Crippen LogP contribution is 2.42. The van der Waals surface area contributed by atoms with Crippen molar-refractivity contribution in [2.24, 2.45) is 11.7 Å². The molecule has 36 heavy (non-hydrogen) atoms. The average molecular weight is 502 g/mol. The topological polar surface area (TPSA) is 172 Å². The number of aliphatic hydroxyl groups is 4. The number of carbonyl (C=O) groups is 1. The van der Waals surface area contributed by atoms with E-state index in [1.54, 1.807) is 19.1 Å². The van der Waals surface area contributed by atoms with Crippen LogP contribution in [0.1, 0.15) is 35.2 Å². The summed E-state index contributed by atoms with van der Waals surface area (Å²) in [6.45, 7) is 1.91. The van der Waals surface area contributed by atoms with Gasteiger partial charge in [-0.05, 0) is 42.8 Å². The molecule has 0 unspecified atom stereocenters. The molecule has 0 spiro atoms. The van der Waals surface area contributed by atoms with Gasteiger partial charge in [0, 0.05) is 12.5 Å². The van der Waals surface area contributed by atoms with Gasteiger partial charge in [0.2, 0.25) is 6.29 Å². The molecule has 2 aromatic carbocycles. The minimum absolute atomic E-state index is 0.0104. The number of aliphatic hydroxyl groups excluding tert-OH is 4. The van der Waals surface area contributed by atoms with Crippen molar-refractivity contribution in [2.75, 3.05) is 13.7 Å². The van der Waals surface area contributed by atoms with Crippen molar-refractivity contribution in [3.05, 3.63) is 29.3 Å². The van der Waals surface area contributed by atoms with Gasteiger partial charge in [0.05, 0.1) is 30.6 Å². The number of rotatable bonds is 3. The molecule has 0 radical (unpaired) electrons. The van der Waals surface area contributed by atoms with Gasteiger partial charge in [-0.25, -0.2) is 0 Å². The Balaban J connectivity index is 1.91. The molecule has 10 heteroatoms. The summed E-state index contributed by atoms with van der Waals surface area (Å²) in [5, 5.41) is 54.7. The number of phenolic OH excluding ortho intramolecular Hbond substituents is 1. The van der Waals surface area contributed by atoms with Crippen molar-refractivity contribution in [1.29, 1.82) is 0 Å². The summed E-state index contributed by atoms with van der Waals surface area (Å²) in [7, 11) is 1.44. The molecule has 0 aromatic heterocycles. The lowest BCUT2D eigenvalue weighted by atomic mass is 9.85.